The number of nitrogens with zero attached hydrogens (tertiary/aromatic N) is 2. The van der Waals surface area contributed by atoms with E-state index in [1.807, 2.05) is 17.1 Å². The molecule has 2 N–H and O–H groups in total. The fraction of sp³-hybridized carbons (Fsp3) is 0.154. The van der Waals surface area contributed by atoms with Gasteiger partial charge in [0.15, 0.2) is 0 Å². The van der Waals surface area contributed by atoms with Gasteiger partial charge in [0.05, 0.1) is 12.7 Å². The molecular formula is C13H13N3S. The van der Waals surface area contributed by atoms with E-state index in [-0.39, 0.29) is 0 Å². The molecule has 1 aromatic carbocycles. The van der Waals surface area contributed by atoms with Crippen molar-refractivity contribution in [2.45, 2.75) is 13.1 Å². The molecule has 0 atom stereocenters. The summed E-state index contributed by atoms with van der Waals surface area (Å²) >= 11 is 1.78. The molecule has 17 heavy (non-hydrogen) atoms. The first kappa shape index (κ1) is 10.5. The first-order chi connectivity index (χ1) is 8.36. The van der Waals surface area contributed by atoms with Crippen molar-refractivity contribution in [1.29, 1.82) is 0 Å². The Kier molecular flexibility index (Phi) is 2.66. The van der Waals surface area contributed by atoms with E-state index in [9.17, 15) is 0 Å². The highest BCUT2D eigenvalue weighted by molar-refractivity contribution is 7.17. The summed E-state index contributed by atoms with van der Waals surface area (Å²) in [5.74, 6) is 0. The molecule has 4 heteroatoms. The molecule has 3 nitrogen and oxygen atoms in total. The van der Waals surface area contributed by atoms with E-state index < -0.39 is 0 Å². The molecule has 0 radical (unpaired) electrons. The quantitative estimate of drug-likeness (QED) is 0.768. The van der Waals surface area contributed by atoms with Crippen molar-refractivity contribution in [3.8, 4) is 0 Å². The number of hydrogen-bond acceptors (Lipinski definition) is 3. The van der Waals surface area contributed by atoms with Crippen LogP contribution in [0.5, 0.6) is 0 Å². The molecule has 0 aliphatic carbocycles. The highest BCUT2D eigenvalue weighted by Gasteiger charge is 2.04. The molecular weight excluding hydrogens is 230 g/mol. The number of fused-ring (bicyclic) bond motifs is 1. The first-order valence-corrected chi connectivity index (χ1v) is 6.41. The van der Waals surface area contributed by atoms with E-state index in [0.717, 1.165) is 12.1 Å². The largest absolute Gasteiger partial charge is 0.326 e. The monoisotopic (exact) mass is 243 g/mol. The second-order valence-corrected chi connectivity index (χ2v) is 4.92. The highest BCUT2D eigenvalue weighted by Crippen LogP contribution is 2.26. The maximum atomic E-state index is 5.58. The van der Waals surface area contributed by atoms with Gasteiger partial charge in [0.2, 0.25) is 0 Å². The van der Waals surface area contributed by atoms with Crippen molar-refractivity contribution in [3.05, 3.63) is 53.2 Å². The molecule has 0 bridgehead atoms. The van der Waals surface area contributed by atoms with Crippen LogP contribution in [-0.2, 0) is 13.1 Å². The van der Waals surface area contributed by atoms with Gasteiger partial charge in [0.25, 0.3) is 0 Å². The van der Waals surface area contributed by atoms with Crippen LogP contribution in [-0.4, -0.2) is 9.78 Å². The van der Waals surface area contributed by atoms with Crippen molar-refractivity contribution >= 4 is 21.4 Å². The summed E-state index contributed by atoms with van der Waals surface area (Å²) in [6.07, 6.45) is 3.83. The van der Waals surface area contributed by atoms with Crippen molar-refractivity contribution < 1.29 is 0 Å². The Hall–Kier alpha value is -1.65. The first-order valence-electron chi connectivity index (χ1n) is 5.53. The van der Waals surface area contributed by atoms with E-state index in [4.69, 9.17) is 5.73 Å². The number of benzene rings is 1. The average Bonchev–Trinajstić information content (AvgIpc) is 2.97. The zero-order valence-electron chi connectivity index (χ0n) is 9.34. The summed E-state index contributed by atoms with van der Waals surface area (Å²) < 4.78 is 3.27. The van der Waals surface area contributed by atoms with Gasteiger partial charge in [0, 0.05) is 23.0 Å². The van der Waals surface area contributed by atoms with Crippen molar-refractivity contribution in [2.24, 2.45) is 5.73 Å². The van der Waals surface area contributed by atoms with Gasteiger partial charge in [-0.3, -0.25) is 4.68 Å². The molecule has 3 rings (SSSR count). The zero-order chi connectivity index (χ0) is 11.7. The Morgan fingerprint density at radius 3 is 3.00 bits per heavy atom. The van der Waals surface area contributed by atoms with Crippen molar-refractivity contribution in [1.82, 2.24) is 9.78 Å². The molecule has 0 saturated carbocycles. The average molecular weight is 243 g/mol. The molecule has 0 spiro atoms. The van der Waals surface area contributed by atoms with E-state index in [1.54, 1.807) is 11.3 Å². The Bertz CT molecular complexity index is 639. The molecule has 86 valence electrons. The number of hydrogen-bond donors (Lipinski definition) is 1. The fourth-order valence-electron chi connectivity index (χ4n) is 1.93. The minimum atomic E-state index is 0.546. The van der Waals surface area contributed by atoms with Gasteiger partial charge >= 0.3 is 0 Å². The van der Waals surface area contributed by atoms with Gasteiger partial charge in [-0.15, -0.1) is 11.3 Å². The number of thiophene rings is 1. The molecule has 0 aliphatic rings. The third kappa shape index (κ3) is 1.97. The third-order valence-corrected chi connectivity index (χ3v) is 3.83. The second kappa shape index (κ2) is 4.31. The van der Waals surface area contributed by atoms with Crippen LogP contribution in [0.1, 0.15) is 11.1 Å². The fourth-order valence-corrected chi connectivity index (χ4v) is 2.88. The number of aromatic nitrogens is 2. The van der Waals surface area contributed by atoms with Gasteiger partial charge in [-0.1, -0.05) is 18.2 Å². The summed E-state index contributed by atoms with van der Waals surface area (Å²) in [5, 5.41) is 7.83. The van der Waals surface area contributed by atoms with E-state index in [2.05, 4.69) is 34.7 Å². The Labute approximate surface area is 103 Å². The lowest BCUT2D eigenvalue weighted by Crippen LogP contribution is -1.99. The summed E-state index contributed by atoms with van der Waals surface area (Å²) in [7, 11) is 0. The van der Waals surface area contributed by atoms with Crippen LogP contribution in [0.15, 0.2) is 42.0 Å². The van der Waals surface area contributed by atoms with Gasteiger partial charge in [-0.2, -0.15) is 5.10 Å². The van der Waals surface area contributed by atoms with Crippen LogP contribution >= 0.6 is 11.3 Å². The standard InChI is InChI=1S/C13H13N3S/c14-5-10-6-15-16(7-10)8-11-9-17-13-4-2-1-3-12(11)13/h1-4,6-7,9H,5,8,14H2. The number of rotatable bonds is 3. The van der Waals surface area contributed by atoms with Crippen molar-refractivity contribution in [3.63, 3.8) is 0 Å². The molecule has 2 heterocycles. The van der Waals surface area contributed by atoms with Gasteiger partial charge in [-0.25, -0.2) is 0 Å². The summed E-state index contributed by atoms with van der Waals surface area (Å²) in [6.45, 7) is 1.36. The molecule has 3 aromatic rings. The second-order valence-electron chi connectivity index (χ2n) is 4.01. The maximum Gasteiger partial charge on any atom is 0.0673 e. The lowest BCUT2D eigenvalue weighted by molar-refractivity contribution is 0.690. The molecule has 0 unspecified atom stereocenters. The lowest BCUT2D eigenvalue weighted by atomic mass is 10.2. The normalized spacial score (nSPS) is 11.1. The molecule has 0 aliphatic heterocycles. The topological polar surface area (TPSA) is 43.8 Å². The van der Waals surface area contributed by atoms with Crippen LogP contribution in [0.3, 0.4) is 0 Å². The van der Waals surface area contributed by atoms with Crippen molar-refractivity contribution in [2.75, 3.05) is 0 Å². The molecule has 0 amide bonds. The van der Waals surface area contributed by atoms with Crippen LogP contribution in [0.2, 0.25) is 0 Å². The van der Waals surface area contributed by atoms with Gasteiger partial charge in [0.1, 0.15) is 0 Å². The summed E-state index contributed by atoms with van der Waals surface area (Å²) in [4.78, 5) is 0. The minimum Gasteiger partial charge on any atom is -0.326 e. The SMILES string of the molecule is NCc1cnn(Cc2csc3ccccc23)c1. The van der Waals surface area contributed by atoms with E-state index >= 15 is 0 Å². The molecule has 0 saturated heterocycles. The Morgan fingerprint density at radius 2 is 2.18 bits per heavy atom. The van der Waals surface area contributed by atoms with Gasteiger partial charge < -0.3 is 5.73 Å². The Balaban J connectivity index is 1.94. The summed E-state index contributed by atoms with van der Waals surface area (Å²) in [5.41, 5.74) is 7.97. The molecule has 2 aromatic heterocycles. The number of nitrogens with two attached hydrogens (primary N) is 1. The van der Waals surface area contributed by atoms with Crippen LogP contribution in [0, 0.1) is 0 Å². The maximum absolute atomic E-state index is 5.58. The molecule has 0 fully saturated rings. The smallest absolute Gasteiger partial charge is 0.0673 e. The van der Waals surface area contributed by atoms with Crippen LogP contribution < -0.4 is 5.73 Å². The lowest BCUT2D eigenvalue weighted by Gasteiger charge is -1.99. The van der Waals surface area contributed by atoms with E-state index in [1.165, 1.54) is 15.6 Å². The highest BCUT2D eigenvalue weighted by atomic mass is 32.1. The van der Waals surface area contributed by atoms with Crippen LogP contribution in [0.25, 0.3) is 10.1 Å². The van der Waals surface area contributed by atoms with Gasteiger partial charge in [-0.05, 0) is 22.4 Å². The summed E-state index contributed by atoms with van der Waals surface area (Å²) in [6, 6.07) is 8.46. The Morgan fingerprint density at radius 1 is 1.29 bits per heavy atom. The predicted molar refractivity (Wildman–Crippen MR) is 71.0 cm³/mol. The zero-order valence-corrected chi connectivity index (χ0v) is 10.2. The minimum absolute atomic E-state index is 0.546. The predicted octanol–water partition coefficient (Wildman–Crippen LogP) is 2.60. The van der Waals surface area contributed by atoms with Crippen LogP contribution in [0.4, 0.5) is 0 Å². The third-order valence-electron chi connectivity index (χ3n) is 2.82. The van der Waals surface area contributed by atoms with E-state index in [0.29, 0.717) is 6.54 Å².